The predicted octanol–water partition coefficient (Wildman–Crippen LogP) is 3.14. The van der Waals surface area contributed by atoms with Gasteiger partial charge in [-0.1, -0.05) is 20.8 Å². The van der Waals surface area contributed by atoms with Crippen molar-refractivity contribution in [3.8, 4) is 0 Å². The fourth-order valence-corrected chi connectivity index (χ4v) is 8.80. The highest BCUT2D eigenvalue weighted by molar-refractivity contribution is 5.64. The fraction of sp³-hybridized carbons (Fsp3) is 0.958. The Morgan fingerprint density at radius 1 is 1.00 bits per heavy atom. The van der Waals surface area contributed by atoms with Gasteiger partial charge in [0.2, 0.25) is 0 Å². The topological polar surface area (TPSA) is 80.6 Å². The van der Waals surface area contributed by atoms with E-state index >= 15 is 0 Å². The Morgan fingerprint density at radius 2 is 1.68 bits per heavy atom. The summed E-state index contributed by atoms with van der Waals surface area (Å²) in [6.07, 6.45) is 8.88. The summed E-state index contributed by atoms with van der Waals surface area (Å²) in [6, 6.07) is 0. The van der Waals surface area contributed by atoms with Crippen LogP contribution in [0.1, 0.15) is 85.0 Å². The molecule has 4 heteroatoms. The monoisotopic (exact) mass is 391 g/mol. The number of hydrogen-bond donors (Lipinski definition) is 2. The molecule has 0 saturated heterocycles. The third kappa shape index (κ3) is 3.14. The van der Waals surface area contributed by atoms with Crippen LogP contribution < -0.4 is 5.11 Å². The SMILES string of the molecule is C[C@H](CCC(=O)[O-])[C@H]1CC[C@H]2[C@@H]3C[C@H](O)[C@@H]4C[C@H](O)CC[C@]4(C)[C@H]3CC[C@]12C. The highest BCUT2D eigenvalue weighted by Crippen LogP contribution is 2.68. The minimum atomic E-state index is -0.927. The highest BCUT2D eigenvalue weighted by atomic mass is 16.4. The Bertz CT molecular complexity index is 605. The lowest BCUT2D eigenvalue weighted by molar-refractivity contribution is -0.306. The Labute approximate surface area is 170 Å². The summed E-state index contributed by atoms with van der Waals surface area (Å²) in [6.45, 7) is 7.11. The zero-order valence-corrected chi connectivity index (χ0v) is 17.9. The molecule has 28 heavy (non-hydrogen) atoms. The number of aliphatic hydroxyl groups excluding tert-OH is 2. The number of carboxylic acids is 1. The number of hydrogen-bond acceptors (Lipinski definition) is 4. The van der Waals surface area contributed by atoms with Crippen molar-refractivity contribution in [3.05, 3.63) is 0 Å². The minimum absolute atomic E-state index is 0.168. The Morgan fingerprint density at radius 3 is 2.39 bits per heavy atom. The van der Waals surface area contributed by atoms with E-state index in [1.165, 1.54) is 25.7 Å². The van der Waals surface area contributed by atoms with E-state index < -0.39 is 5.97 Å². The zero-order valence-electron chi connectivity index (χ0n) is 17.9. The van der Waals surface area contributed by atoms with Gasteiger partial charge in [0.1, 0.15) is 0 Å². The van der Waals surface area contributed by atoms with Crippen molar-refractivity contribution in [3.63, 3.8) is 0 Å². The van der Waals surface area contributed by atoms with E-state index in [1.54, 1.807) is 0 Å². The van der Waals surface area contributed by atoms with Gasteiger partial charge in [-0.3, -0.25) is 0 Å². The Balaban J connectivity index is 1.55. The predicted molar refractivity (Wildman–Crippen MR) is 106 cm³/mol. The van der Waals surface area contributed by atoms with Crippen molar-refractivity contribution in [1.29, 1.82) is 0 Å². The second kappa shape index (κ2) is 7.27. The molecule has 4 fully saturated rings. The van der Waals surface area contributed by atoms with Gasteiger partial charge in [-0.2, -0.15) is 0 Å². The third-order valence-corrected chi connectivity index (χ3v) is 10.2. The molecule has 4 aliphatic rings. The van der Waals surface area contributed by atoms with E-state index in [0.29, 0.717) is 29.6 Å². The maximum atomic E-state index is 11.1. The summed E-state index contributed by atoms with van der Waals surface area (Å²) < 4.78 is 0. The normalized spacial score (nSPS) is 51.7. The molecule has 160 valence electrons. The minimum Gasteiger partial charge on any atom is -0.550 e. The maximum Gasteiger partial charge on any atom is 0.0577 e. The molecule has 0 amide bonds. The molecular formula is C24H39O4-. The van der Waals surface area contributed by atoms with Crippen LogP contribution in [0.25, 0.3) is 0 Å². The van der Waals surface area contributed by atoms with Gasteiger partial charge in [0.15, 0.2) is 0 Å². The molecule has 0 spiro atoms. The molecule has 2 N–H and O–H groups in total. The van der Waals surface area contributed by atoms with Crippen LogP contribution in [0.4, 0.5) is 0 Å². The van der Waals surface area contributed by atoms with Gasteiger partial charge in [-0.15, -0.1) is 0 Å². The standard InChI is InChI=1S/C24H40O4/c1-14(4-7-22(27)28)17-5-6-18-16-13-21(26)20-12-15(25)8-10-24(20,3)19(16)9-11-23(17,18)2/h14-21,25-26H,4-13H2,1-3H3,(H,27,28)/p-1/t14-,15-,16+,17-,18+,19+,20+,21+,23-,24-/m1/s1. The molecule has 0 radical (unpaired) electrons. The van der Waals surface area contributed by atoms with Crippen molar-refractivity contribution < 1.29 is 20.1 Å². The van der Waals surface area contributed by atoms with Crippen molar-refractivity contribution in [2.45, 2.75) is 97.2 Å². The molecule has 0 aromatic rings. The van der Waals surface area contributed by atoms with Gasteiger partial charge in [-0.05, 0) is 111 Å². The molecule has 0 heterocycles. The van der Waals surface area contributed by atoms with Gasteiger partial charge >= 0.3 is 0 Å². The summed E-state index contributed by atoms with van der Waals surface area (Å²) in [7, 11) is 0. The molecular weight excluding hydrogens is 352 g/mol. The van der Waals surface area contributed by atoms with E-state index in [0.717, 1.165) is 32.1 Å². The maximum absolute atomic E-state index is 11.1. The molecule has 4 aliphatic carbocycles. The summed E-state index contributed by atoms with van der Waals surface area (Å²) in [4.78, 5) is 10.9. The second-order valence-electron chi connectivity index (χ2n) is 11.3. The number of fused-ring (bicyclic) bond motifs is 5. The van der Waals surface area contributed by atoms with E-state index in [4.69, 9.17) is 0 Å². The third-order valence-electron chi connectivity index (χ3n) is 10.2. The summed E-state index contributed by atoms with van der Waals surface area (Å²) in [5.41, 5.74) is 0.450. The van der Waals surface area contributed by atoms with Crippen molar-refractivity contribution in [2.24, 2.45) is 46.3 Å². The van der Waals surface area contributed by atoms with Crippen molar-refractivity contribution in [2.75, 3.05) is 0 Å². The molecule has 0 aliphatic heterocycles. The molecule has 0 unspecified atom stereocenters. The number of aliphatic hydroxyl groups is 2. The average molecular weight is 392 g/mol. The lowest BCUT2D eigenvalue weighted by atomic mass is 9.44. The summed E-state index contributed by atoms with van der Waals surface area (Å²) >= 11 is 0. The first-order chi connectivity index (χ1) is 13.2. The molecule has 4 rings (SSSR count). The lowest BCUT2D eigenvalue weighted by Crippen LogP contribution is -2.58. The van der Waals surface area contributed by atoms with Crippen LogP contribution in [0.15, 0.2) is 0 Å². The van der Waals surface area contributed by atoms with Crippen molar-refractivity contribution >= 4 is 5.97 Å². The van der Waals surface area contributed by atoms with Crippen LogP contribution in [0, 0.1) is 46.3 Å². The van der Waals surface area contributed by atoms with E-state index in [-0.39, 0.29) is 35.4 Å². The van der Waals surface area contributed by atoms with E-state index in [2.05, 4.69) is 20.8 Å². The average Bonchev–Trinajstić information content (AvgIpc) is 2.99. The lowest BCUT2D eigenvalue weighted by Gasteiger charge is -2.62. The van der Waals surface area contributed by atoms with Crippen LogP contribution >= 0.6 is 0 Å². The second-order valence-corrected chi connectivity index (χ2v) is 11.3. The molecule has 4 nitrogen and oxygen atoms in total. The van der Waals surface area contributed by atoms with Gasteiger partial charge in [0.25, 0.3) is 0 Å². The first kappa shape index (κ1) is 20.7. The molecule has 10 atom stereocenters. The number of carbonyl (C=O) groups is 1. The Kier molecular flexibility index (Phi) is 5.36. The van der Waals surface area contributed by atoms with Crippen LogP contribution in [-0.2, 0) is 4.79 Å². The fourth-order valence-electron chi connectivity index (χ4n) is 8.80. The molecule has 0 aromatic carbocycles. The summed E-state index contributed by atoms with van der Waals surface area (Å²) in [5.74, 6) is 2.25. The van der Waals surface area contributed by atoms with Crippen LogP contribution in [0.5, 0.6) is 0 Å². The number of carbonyl (C=O) groups excluding carboxylic acids is 1. The van der Waals surface area contributed by atoms with Gasteiger partial charge < -0.3 is 20.1 Å². The number of carboxylic acid groups (broad SMARTS) is 1. The first-order valence-corrected chi connectivity index (χ1v) is 11.7. The first-order valence-electron chi connectivity index (χ1n) is 11.7. The van der Waals surface area contributed by atoms with Gasteiger partial charge in [-0.25, -0.2) is 0 Å². The largest absolute Gasteiger partial charge is 0.550 e. The number of aliphatic carboxylic acids is 1. The van der Waals surface area contributed by atoms with E-state index in [1.807, 2.05) is 0 Å². The highest BCUT2D eigenvalue weighted by Gasteiger charge is 2.62. The van der Waals surface area contributed by atoms with Gasteiger partial charge in [0.05, 0.1) is 12.2 Å². The Hall–Kier alpha value is -0.610. The van der Waals surface area contributed by atoms with E-state index in [9.17, 15) is 20.1 Å². The molecule has 0 bridgehead atoms. The smallest absolute Gasteiger partial charge is 0.0577 e. The summed E-state index contributed by atoms with van der Waals surface area (Å²) in [5, 5.41) is 32.2. The number of rotatable bonds is 4. The molecule has 4 saturated carbocycles. The van der Waals surface area contributed by atoms with Crippen molar-refractivity contribution in [1.82, 2.24) is 0 Å². The van der Waals surface area contributed by atoms with Gasteiger partial charge in [0, 0.05) is 5.97 Å². The van der Waals surface area contributed by atoms with Crippen LogP contribution in [0.2, 0.25) is 0 Å². The van der Waals surface area contributed by atoms with Crippen LogP contribution in [-0.4, -0.2) is 28.4 Å². The zero-order chi connectivity index (χ0) is 20.3. The van der Waals surface area contributed by atoms with Crippen LogP contribution in [0.3, 0.4) is 0 Å². The quantitative estimate of drug-likeness (QED) is 0.771. The molecule has 0 aromatic heterocycles.